The number of carbonyl (C=O) groups is 1. The lowest BCUT2D eigenvalue weighted by atomic mass is 10.2. The SMILES string of the molecule is Cc1noc(C)c1CSc1ccccc1C(=O)Nc1ccc(OCc2nccn2C)cc1. The van der Waals surface area contributed by atoms with Gasteiger partial charge in [-0.1, -0.05) is 17.3 Å². The van der Waals surface area contributed by atoms with Crippen LogP contribution in [0.2, 0.25) is 0 Å². The second-order valence-electron chi connectivity index (χ2n) is 7.31. The van der Waals surface area contributed by atoms with Crippen molar-refractivity contribution in [2.24, 2.45) is 7.05 Å². The Bertz CT molecular complexity index is 1190. The number of aromatic nitrogens is 3. The van der Waals surface area contributed by atoms with Crippen molar-refractivity contribution in [2.45, 2.75) is 31.1 Å². The Morgan fingerprint density at radius 2 is 1.94 bits per heavy atom. The fourth-order valence-corrected chi connectivity index (χ4v) is 4.36. The summed E-state index contributed by atoms with van der Waals surface area (Å²) in [6, 6.07) is 14.9. The molecule has 1 N–H and O–H groups in total. The van der Waals surface area contributed by atoms with Crippen molar-refractivity contribution >= 4 is 23.4 Å². The van der Waals surface area contributed by atoms with Gasteiger partial charge in [-0.25, -0.2) is 4.98 Å². The van der Waals surface area contributed by atoms with Crippen LogP contribution < -0.4 is 10.1 Å². The summed E-state index contributed by atoms with van der Waals surface area (Å²) in [5.74, 6) is 2.89. The van der Waals surface area contributed by atoms with Crippen LogP contribution in [0.1, 0.15) is 33.2 Å². The molecule has 2 aromatic carbocycles. The van der Waals surface area contributed by atoms with Crippen LogP contribution >= 0.6 is 11.8 Å². The zero-order valence-electron chi connectivity index (χ0n) is 18.2. The fourth-order valence-electron chi connectivity index (χ4n) is 3.15. The van der Waals surface area contributed by atoms with Gasteiger partial charge >= 0.3 is 0 Å². The van der Waals surface area contributed by atoms with Crippen LogP contribution in [-0.2, 0) is 19.4 Å². The van der Waals surface area contributed by atoms with Crippen molar-refractivity contribution in [1.29, 1.82) is 0 Å². The first-order chi connectivity index (χ1) is 15.5. The van der Waals surface area contributed by atoms with Gasteiger partial charge in [0.2, 0.25) is 0 Å². The molecule has 2 aromatic heterocycles. The maximum atomic E-state index is 12.9. The third kappa shape index (κ3) is 5.03. The quantitative estimate of drug-likeness (QED) is 0.376. The maximum absolute atomic E-state index is 12.9. The molecule has 0 radical (unpaired) electrons. The van der Waals surface area contributed by atoms with E-state index in [1.54, 1.807) is 18.0 Å². The topological polar surface area (TPSA) is 82.2 Å². The third-order valence-electron chi connectivity index (χ3n) is 5.09. The molecule has 0 aliphatic rings. The minimum atomic E-state index is -0.159. The molecule has 4 aromatic rings. The van der Waals surface area contributed by atoms with Crippen molar-refractivity contribution in [1.82, 2.24) is 14.7 Å². The molecule has 7 nitrogen and oxygen atoms in total. The number of thioether (sulfide) groups is 1. The zero-order valence-corrected chi connectivity index (χ0v) is 19.0. The molecule has 4 rings (SSSR count). The predicted octanol–water partition coefficient (Wildman–Crippen LogP) is 5.15. The van der Waals surface area contributed by atoms with Crippen LogP contribution in [0, 0.1) is 13.8 Å². The van der Waals surface area contributed by atoms with Gasteiger partial charge in [0.05, 0.1) is 11.3 Å². The molecule has 0 spiro atoms. The zero-order chi connectivity index (χ0) is 22.5. The van der Waals surface area contributed by atoms with Gasteiger partial charge in [0.25, 0.3) is 5.91 Å². The second-order valence-corrected chi connectivity index (χ2v) is 8.33. The van der Waals surface area contributed by atoms with Crippen LogP contribution in [0.25, 0.3) is 0 Å². The fraction of sp³-hybridized carbons (Fsp3) is 0.208. The molecular formula is C24H24N4O3S. The molecule has 1 amide bonds. The number of amides is 1. The molecule has 0 saturated carbocycles. The Balaban J connectivity index is 1.39. The molecule has 0 aliphatic carbocycles. The number of rotatable bonds is 8. The van der Waals surface area contributed by atoms with Gasteiger partial charge in [-0.15, -0.1) is 11.8 Å². The van der Waals surface area contributed by atoms with Gasteiger partial charge in [0, 0.05) is 41.3 Å². The summed E-state index contributed by atoms with van der Waals surface area (Å²) < 4.78 is 12.9. The summed E-state index contributed by atoms with van der Waals surface area (Å²) >= 11 is 1.59. The number of hydrogen-bond acceptors (Lipinski definition) is 6. The molecular weight excluding hydrogens is 424 g/mol. The molecule has 164 valence electrons. The number of nitrogens with one attached hydrogen (secondary N) is 1. The third-order valence-corrected chi connectivity index (χ3v) is 6.19. The summed E-state index contributed by atoms with van der Waals surface area (Å²) in [4.78, 5) is 18.1. The number of anilines is 1. The summed E-state index contributed by atoms with van der Waals surface area (Å²) in [5.41, 5.74) is 3.26. The van der Waals surface area contributed by atoms with Crippen LogP contribution in [-0.4, -0.2) is 20.6 Å². The Kier molecular flexibility index (Phi) is 6.61. The average Bonchev–Trinajstić information content (AvgIpc) is 3.36. The summed E-state index contributed by atoms with van der Waals surface area (Å²) in [6.45, 7) is 4.21. The Hall–Kier alpha value is -3.52. The van der Waals surface area contributed by atoms with Crippen LogP contribution in [0.3, 0.4) is 0 Å². The minimum Gasteiger partial charge on any atom is -0.486 e. The first-order valence-electron chi connectivity index (χ1n) is 10.2. The first-order valence-corrected chi connectivity index (χ1v) is 11.1. The van der Waals surface area contributed by atoms with Gasteiger partial charge < -0.3 is 19.1 Å². The highest BCUT2D eigenvalue weighted by atomic mass is 32.2. The van der Waals surface area contributed by atoms with E-state index in [4.69, 9.17) is 9.26 Å². The van der Waals surface area contributed by atoms with E-state index in [2.05, 4.69) is 15.5 Å². The Labute approximate surface area is 190 Å². The molecule has 0 aliphatic heterocycles. The molecule has 0 atom stereocenters. The van der Waals surface area contributed by atoms with Crippen molar-refractivity contribution in [3.8, 4) is 5.75 Å². The van der Waals surface area contributed by atoms with Crippen molar-refractivity contribution in [3.05, 3.63) is 89.3 Å². The van der Waals surface area contributed by atoms with E-state index >= 15 is 0 Å². The Morgan fingerprint density at radius 1 is 1.16 bits per heavy atom. The second kappa shape index (κ2) is 9.74. The maximum Gasteiger partial charge on any atom is 0.256 e. The average molecular weight is 449 g/mol. The van der Waals surface area contributed by atoms with E-state index in [1.165, 1.54) is 0 Å². The largest absolute Gasteiger partial charge is 0.486 e. The van der Waals surface area contributed by atoms with E-state index in [0.29, 0.717) is 29.4 Å². The lowest BCUT2D eigenvalue weighted by Crippen LogP contribution is -2.13. The van der Waals surface area contributed by atoms with E-state index in [9.17, 15) is 4.79 Å². The highest BCUT2D eigenvalue weighted by Gasteiger charge is 2.15. The van der Waals surface area contributed by atoms with Gasteiger partial charge in [-0.2, -0.15) is 0 Å². The Morgan fingerprint density at radius 3 is 2.62 bits per heavy atom. The molecule has 8 heteroatoms. The number of imidazole rings is 1. The normalized spacial score (nSPS) is 10.8. The first kappa shape index (κ1) is 21.7. The van der Waals surface area contributed by atoms with E-state index in [-0.39, 0.29) is 5.91 Å². The molecule has 2 heterocycles. The van der Waals surface area contributed by atoms with E-state index in [0.717, 1.165) is 27.7 Å². The van der Waals surface area contributed by atoms with Gasteiger partial charge in [0.1, 0.15) is 23.9 Å². The van der Waals surface area contributed by atoms with Gasteiger partial charge in [-0.3, -0.25) is 4.79 Å². The lowest BCUT2D eigenvalue weighted by Gasteiger charge is -2.11. The number of aryl methyl sites for hydroxylation is 3. The van der Waals surface area contributed by atoms with Gasteiger partial charge in [-0.05, 0) is 50.2 Å². The molecule has 0 unspecified atom stereocenters. The summed E-state index contributed by atoms with van der Waals surface area (Å²) in [6.07, 6.45) is 3.61. The predicted molar refractivity (Wildman–Crippen MR) is 124 cm³/mol. The number of nitrogens with zero attached hydrogens (tertiary/aromatic N) is 3. The van der Waals surface area contributed by atoms with Gasteiger partial charge in [0.15, 0.2) is 0 Å². The minimum absolute atomic E-state index is 0.159. The monoisotopic (exact) mass is 448 g/mol. The highest BCUT2D eigenvalue weighted by Crippen LogP contribution is 2.29. The van der Waals surface area contributed by atoms with Crippen molar-refractivity contribution in [3.63, 3.8) is 0 Å². The smallest absolute Gasteiger partial charge is 0.256 e. The molecule has 0 bridgehead atoms. The number of carbonyl (C=O) groups excluding carboxylic acids is 1. The van der Waals surface area contributed by atoms with E-state index < -0.39 is 0 Å². The number of hydrogen-bond donors (Lipinski definition) is 1. The molecule has 32 heavy (non-hydrogen) atoms. The lowest BCUT2D eigenvalue weighted by molar-refractivity contribution is 0.102. The molecule has 0 saturated heterocycles. The molecule has 0 fully saturated rings. The van der Waals surface area contributed by atoms with Crippen molar-refractivity contribution in [2.75, 3.05) is 5.32 Å². The summed E-state index contributed by atoms with van der Waals surface area (Å²) in [5, 5.41) is 6.96. The summed E-state index contributed by atoms with van der Waals surface area (Å²) in [7, 11) is 1.93. The van der Waals surface area contributed by atoms with Crippen LogP contribution in [0.4, 0.5) is 5.69 Å². The number of ether oxygens (including phenoxy) is 1. The van der Waals surface area contributed by atoms with Crippen molar-refractivity contribution < 1.29 is 14.1 Å². The van der Waals surface area contributed by atoms with Crippen LogP contribution in [0.15, 0.2) is 70.3 Å². The highest BCUT2D eigenvalue weighted by molar-refractivity contribution is 7.98. The number of benzene rings is 2. The van der Waals surface area contributed by atoms with E-state index in [1.807, 2.05) is 80.2 Å². The van der Waals surface area contributed by atoms with Crippen LogP contribution in [0.5, 0.6) is 5.75 Å². The standard InChI is InChI=1S/C24H24N4O3S/c1-16-21(17(2)31-27-16)15-32-22-7-5-4-6-20(22)24(29)26-18-8-10-19(11-9-18)30-14-23-25-12-13-28(23)3/h4-13H,14-15H2,1-3H3,(H,26,29).